The topological polar surface area (TPSA) is 29.5 Å². The minimum atomic E-state index is -0.601. The highest BCUT2D eigenvalue weighted by atomic mass is 79.9. The molecule has 0 heterocycles. The summed E-state index contributed by atoms with van der Waals surface area (Å²) < 4.78 is 19.6. The van der Waals surface area contributed by atoms with Gasteiger partial charge in [-0.1, -0.05) is 34.1 Å². The lowest BCUT2D eigenvalue weighted by molar-refractivity contribution is 0.190. The Morgan fingerprint density at radius 2 is 2.00 bits per heavy atom. The number of benzene rings is 2. The highest BCUT2D eigenvalue weighted by molar-refractivity contribution is 9.10. The van der Waals surface area contributed by atoms with Crippen LogP contribution in [0, 0.1) is 5.82 Å². The molecule has 2 nitrogen and oxygen atoms in total. The van der Waals surface area contributed by atoms with E-state index in [2.05, 4.69) is 15.9 Å². The number of para-hydroxylation sites is 1. The zero-order valence-electron chi connectivity index (χ0n) is 10.4. The number of rotatable bonds is 4. The molecule has 1 atom stereocenters. The van der Waals surface area contributed by atoms with Crippen LogP contribution in [-0.2, 0) is 6.61 Å². The van der Waals surface area contributed by atoms with E-state index in [1.807, 2.05) is 18.2 Å². The second-order valence-corrected chi connectivity index (χ2v) is 5.20. The molecule has 1 N–H and O–H groups in total. The third-order valence-corrected chi connectivity index (χ3v) is 3.14. The molecule has 19 heavy (non-hydrogen) atoms. The lowest BCUT2D eigenvalue weighted by Gasteiger charge is -2.13. The number of aliphatic hydroxyl groups is 1. The summed E-state index contributed by atoms with van der Waals surface area (Å²) >= 11 is 3.24. The maximum atomic E-state index is 13.2. The third kappa shape index (κ3) is 3.78. The molecule has 4 heteroatoms. The Morgan fingerprint density at radius 3 is 2.68 bits per heavy atom. The van der Waals surface area contributed by atoms with Crippen LogP contribution in [0.2, 0.25) is 0 Å². The molecule has 2 rings (SSSR count). The van der Waals surface area contributed by atoms with Gasteiger partial charge in [0.05, 0.1) is 6.10 Å². The van der Waals surface area contributed by atoms with Crippen molar-refractivity contribution in [3.05, 3.63) is 63.9 Å². The van der Waals surface area contributed by atoms with Gasteiger partial charge in [0.1, 0.15) is 18.2 Å². The summed E-state index contributed by atoms with van der Waals surface area (Å²) in [6.07, 6.45) is -0.601. The molecule has 0 radical (unpaired) electrons. The fourth-order valence-corrected chi connectivity index (χ4v) is 2.33. The van der Waals surface area contributed by atoms with Crippen molar-refractivity contribution in [2.24, 2.45) is 0 Å². The van der Waals surface area contributed by atoms with Crippen LogP contribution in [0.4, 0.5) is 4.39 Å². The number of aliphatic hydroxyl groups excluding tert-OH is 1. The van der Waals surface area contributed by atoms with Gasteiger partial charge in [-0.05, 0) is 36.8 Å². The number of hydrogen-bond donors (Lipinski definition) is 1. The number of hydrogen-bond acceptors (Lipinski definition) is 2. The van der Waals surface area contributed by atoms with Crippen LogP contribution in [0.15, 0.2) is 46.9 Å². The molecule has 2 aromatic carbocycles. The van der Waals surface area contributed by atoms with Crippen LogP contribution in [0.3, 0.4) is 0 Å². The van der Waals surface area contributed by atoms with Gasteiger partial charge >= 0.3 is 0 Å². The van der Waals surface area contributed by atoms with Crippen molar-refractivity contribution in [1.82, 2.24) is 0 Å². The zero-order chi connectivity index (χ0) is 13.8. The summed E-state index contributed by atoms with van der Waals surface area (Å²) in [5.74, 6) is 0.301. The van der Waals surface area contributed by atoms with Crippen molar-refractivity contribution in [3.8, 4) is 5.75 Å². The SMILES string of the molecule is C[C@H](O)c1ccccc1OCc1cc(F)cc(Br)c1. The standard InChI is InChI=1S/C15H14BrFO2/c1-10(18)14-4-2-3-5-15(14)19-9-11-6-12(16)8-13(17)7-11/h2-8,10,18H,9H2,1H3/t10-/m0/s1. The average Bonchev–Trinajstić information content (AvgIpc) is 2.35. The third-order valence-electron chi connectivity index (χ3n) is 2.69. The Hall–Kier alpha value is -1.39. The van der Waals surface area contributed by atoms with Crippen LogP contribution in [0.5, 0.6) is 5.75 Å². The molecule has 0 aliphatic carbocycles. The first-order chi connectivity index (χ1) is 9.06. The molecule has 0 aliphatic heterocycles. The summed E-state index contributed by atoms with van der Waals surface area (Å²) in [6, 6.07) is 11.9. The van der Waals surface area contributed by atoms with Crippen molar-refractivity contribution in [2.75, 3.05) is 0 Å². The predicted molar refractivity (Wildman–Crippen MR) is 75.5 cm³/mol. The molecule has 0 spiro atoms. The van der Waals surface area contributed by atoms with E-state index in [4.69, 9.17) is 4.74 Å². The summed E-state index contributed by atoms with van der Waals surface area (Å²) in [7, 11) is 0. The van der Waals surface area contributed by atoms with E-state index in [1.165, 1.54) is 12.1 Å². The van der Waals surface area contributed by atoms with Crippen LogP contribution in [0.25, 0.3) is 0 Å². The van der Waals surface area contributed by atoms with Gasteiger partial charge < -0.3 is 9.84 Å². The van der Waals surface area contributed by atoms with Crippen molar-refractivity contribution >= 4 is 15.9 Å². The molecule has 0 aliphatic rings. The fourth-order valence-electron chi connectivity index (χ4n) is 1.81. The first kappa shape index (κ1) is 14.0. The summed E-state index contributed by atoms with van der Waals surface area (Å²) in [6.45, 7) is 1.93. The fraction of sp³-hybridized carbons (Fsp3) is 0.200. The van der Waals surface area contributed by atoms with Crippen molar-refractivity contribution in [1.29, 1.82) is 0 Å². The number of halogens is 2. The van der Waals surface area contributed by atoms with Gasteiger partial charge in [-0.15, -0.1) is 0 Å². The maximum Gasteiger partial charge on any atom is 0.125 e. The van der Waals surface area contributed by atoms with Gasteiger partial charge in [0.25, 0.3) is 0 Å². The van der Waals surface area contributed by atoms with Crippen LogP contribution in [0.1, 0.15) is 24.2 Å². The molecule has 0 amide bonds. The minimum absolute atomic E-state index is 0.250. The lowest BCUT2D eigenvalue weighted by Crippen LogP contribution is -2.01. The quantitative estimate of drug-likeness (QED) is 0.912. The van der Waals surface area contributed by atoms with Gasteiger partial charge in [-0.2, -0.15) is 0 Å². The molecule has 0 saturated carbocycles. The smallest absolute Gasteiger partial charge is 0.125 e. The number of ether oxygens (including phenoxy) is 1. The first-order valence-electron chi connectivity index (χ1n) is 5.91. The molecule has 2 aromatic rings. The highest BCUT2D eigenvalue weighted by Crippen LogP contribution is 2.25. The van der Waals surface area contributed by atoms with Gasteiger partial charge in [-0.25, -0.2) is 4.39 Å². The Morgan fingerprint density at radius 1 is 1.26 bits per heavy atom. The largest absolute Gasteiger partial charge is 0.489 e. The second-order valence-electron chi connectivity index (χ2n) is 4.28. The van der Waals surface area contributed by atoms with Crippen molar-refractivity contribution in [3.63, 3.8) is 0 Å². The van der Waals surface area contributed by atoms with Crippen LogP contribution in [-0.4, -0.2) is 5.11 Å². The highest BCUT2D eigenvalue weighted by Gasteiger charge is 2.08. The Labute approximate surface area is 120 Å². The van der Waals surface area contributed by atoms with E-state index >= 15 is 0 Å². The van der Waals surface area contributed by atoms with E-state index in [0.717, 1.165) is 11.1 Å². The Kier molecular flexibility index (Phi) is 4.56. The molecular weight excluding hydrogens is 311 g/mol. The molecule has 100 valence electrons. The lowest BCUT2D eigenvalue weighted by atomic mass is 10.1. The molecule has 0 saturated heterocycles. The van der Waals surface area contributed by atoms with E-state index in [0.29, 0.717) is 10.2 Å². The zero-order valence-corrected chi connectivity index (χ0v) is 12.0. The Balaban J connectivity index is 2.14. The normalized spacial score (nSPS) is 12.2. The van der Waals surface area contributed by atoms with Gasteiger partial charge in [0.2, 0.25) is 0 Å². The molecule has 0 bridgehead atoms. The molecule has 0 unspecified atom stereocenters. The summed E-state index contributed by atoms with van der Waals surface area (Å²) in [5, 5.41) is 9.64. The van der Waals surface area contributed by atoms with Gasteiger partial charge in [-0.3, -0.25) is 0 Å². The minimum Gasteiger partial charge on any atom is -0.489 e. The van der Waals surface area contributed by atoms with Crippen LogP contribution < -0.4 is 4.74 Å². The Bertz CT molecular complexity index is 550. The van der Waals surface area contributed by atoms with E-state index in [-0.39, 0.29) is 12.4 Å². The monoisotopic (exact) mass is 324 g/mol. The van der Waals surface area contributed by atoms with Crippen molar-refractivity contribution < 1.29 is 14.2 Å². The maximum absolute atomic E-state index is 13.2. The van der Waals surface area contributed by atoms with E-state index in [1.54, 1.807) is 19.1 Å². The van der Waals surface area contributed by atoms with Gasteiger partial charge in [0.15, 0.2) is 0 Å². The summed E-state index contributed by atoms with van der Waals surface area (Å²) in [4.78, 5) is 0. The summed E-state index contributed by atoms with van der Waals surface area (Å²) in [5.41, 5.74) is 1.45. The molecule has 0 fully saturated rings. The van der Waals surface area contributed by atoms with Crippen molar-refractivity contribution in [2.45, 2.75) is 19.6 Å². The van der Waals surface area contributed by atoms with E-state index in [9.17, 15) is 9.50 Å². The van der Waals surface area contributed by atoms with Gasteiger partial charge in [0, 0.05) is 10.0 Å². The van der Waals surface area contributed by atoms with E-state index < -0.39 is 6.10 Å². The molecule has 0 aromatic heterocycles. The van der Waals surface area contributed by atoms with Crippen LogP contribution >= 0.6 is 15.9 Å². The molecular formula is C15H14BrFO2. The average molecular weight is 325 g/mol. The second kappa shape index (κ2) is 6.17. The predicted octanol–water partition coefficient (Wildman–Crippen LogP) is 4.22. The first-order valence-corrected chi connectivity index (χ1v) is 6.70.